The van der Waals surface area contributed by atoms with Gasteiger partial charge in [0.25, 0.3) is 5.91 Å². The predicted octanol–water partition coefficient (Wildman–Crippen LogP) is 4.67. The fraction of sp³-hybridized carbons (Fsp3) is 0.280. The highest BCUT2D eigenvalue weighted by molar-refractivity contribution is 5.93. The minimum atomic E-state index is -0.309. The fourth-order valence-electron chi connectivity index (χ4n) is 3.40. The number of aromatic amines is 1. The second kappa shape index (κ2) is 8.90. The minimum absolute atomic E-state index is 0.0644. The summed E-state index contributed by atoms with van der Waals surface area (Å²) in [5.74, 6) is 1.65. The van der Waals surface area contributed by atoms with Crippen LogP contribution in [-0.2, 0) is 4.79 Å². The molecule has 0 aliphatic rings. The number of fused-ring (bicyclic) bond motifs is 1. The maximum Gasteiger partial charge on any atom is 0.258 e. The lowest BCUT2D eigenvalue weighted by Gasteiger charge is -2.20. The van der Waals surface area contributed by atoms with Gasteiger partial charge in [-0.3, -0.25) is 9.89 Å². The molecule has 0 aliphatic carbocycles. The first-order valence-electron chi connectivity index (χ1n) is 10.8. The molecular weight excluding hydrogens is 416 g/mol. The van der Waals surface area contributed by atoms with Gasteiger partial charge < -0.3 is 15.4 Å². The van der Waals surface area contributed by atoms with E-state index in [1.807, 2.05) is 45.0 Å². The Labute approximate surface area is 192 Å². The Kier molecular flexibility index (Phi) is 6.00. The minimum Gasteiger partial charge on any atom is -0.484 e. The van der Waals surface area contributed by atoms with Crippen molar-refractivity contribution in [3.8, 4) is 17.1 Å². The van der Waals surface area contributed by atoms with Crippen LogP contribution in [0.5, 0.6) is 5.75 Å². The second-order valence-electron chi connectivity index (χ2n) is 9.08. The normalized spacial score (nSPS) is 11.4. The lowest BCUT2D eigenvalue weighted by molar-refractivity contribution is -0.124. The van der Waals surface area contributed by atoms with Crippen LogP contribution in [0, 0.1) is 13.8 Å². The van der Waals surface area contributed by atoms with Crippen molar-refractivity contribution >= 4 is 28.3 Å². The van der Waals surface area contributed by atoms with E-state index in [2.05, 4.69) is 46.8 Å². The first kappa shape index (κ1) is 22.3. The van der Waals surface area contributed by atoms with Gasteiger partial charge in [-0.2, -0.15) is 5.10 Å². The van der Waals surface area contributed by atoms with E-state index < -0.39 is 0 Å². The van der Waals surface area contributed by atoms with Crippen LogP contribution in [0.4, 0.5) is 11.5 Å². The van der Waals surface area contributed by atoms with Crippen molar-refractivity contribution in [2.75, 3.05) is 11.9 Å². The largest absolute Gasteiger partial charge is 0.484 e. The molecule has 0 fully saturated rings. The predicted molar refractivity (Wildman–Crippen MR) is 130 cm³/mol. The number of amides is 1. The Morgan fingerprint density at radius 2 is 1.88 bits per heavy atom. The number of hydrogen-bond acceptors (Lipinski definition) is 6. The van der Waals surface area contributed by atoms with Crippen molar-refractivity contribution in [1.29, 1.82) is 0 Å². The number of carbonyl (C=O) groups excluding carboxylic acids is 1. The molecule has 3 N–H and O–H groups in total. The number of rotatable bonds is 6. The first-order chi connectivity index (χ1) is 15.7. The van der Waals surface area contributed by atoms with Gasteiger partial charge in [0, 0.05) is 22.7 Å². The van der Waals surface area contributed by atoms with E-state index in [0.29, 0.717) is 17.4 Å². The van der Waals surface area contributed by atoms with Crippen LogP contribution in [-0.4, -0.2) is 38.2 Å². The maximum absolute atomic E-state index is 12.1. The molecule has 0 bridgehead atoms. The molecule has 33 heavy (non-hydrogen) atoms. The van der Waals surface area contributed by atoms with Gasteiger partial charge in [0.15, 0.2) is 12.4 Å². The lowest BCUT2D eigenvalue weighted by Crippen LogP contribution is -2.43. The number of nitrogens with one attached hydrogen (secondary N) is 3. The smallest absolute Gasteiger partial charge is 0.258 e. The monoisotopic (exact) mass is 444 g/mol. The van der Waals surface area contributed by atoms with Crippen LogP contribution in [0.15, 0.2) is 48.8 Å². The molecule has 2 aromatic carbocycles. The molecule has 1 amide bonds. The fourth-order valence-corrected chi connectivity index (χ4v) is 3.40. The summed E-state index contributed by atoms with van der Waals surface area (Å²) >= 11 is 0. The van der Waals surface area contributed by atoms with E-state index in [0.717, 1.165) is 33.3 Å². The molecule has 170 valence electrons. The van der Waals surface area contributed by atoms with Gasteiger partial charge in [-0.1, -0.05) is 12.1 Å². The number of benzene rings is 2. The SMILES string of the molecule is Cc1cc2nc(-c3cccc(OCC(=O)NC(C)(C)C)c3)nc(Nc3cn[nH]c3)c2cc1C. The second-order valence-corrected chi connectivity index (χ2v) is 9.08. The topological polar surface area (TPSA) is 105 Å². The van der Waals surface area contributed by atoms with Crippen molar-refractivity contribution in [3.63, 3.8) is 0 Å². The van der Waals surface area contributed by atoms with Gasteiger partial charge in [0.1, 0.15) is 11.6 Å². The van der Waals surface area contributed by atoms with E-state index in [1.54, 1.807) is 12.4 Å². The molecule has 0 unspecified atom stereocenters. The molecule has 0 atom stereocenters. The van der Waals surface area contributed by atoms with Crippen LogP contribution in [0.3, 0.4) is 0 Å². The highest BCUT2D eigenvalue weighted by Gasteiger charge is 2.15. The molecule has 8 heteroatoms. The van der Waals surface area contributed by atoms with Crippen LogP contribution < -0.4 is 15.4 Å². The summed E-state index contributed by atoms with van der Waals surface area (Å²) in [6.45, 7) is 9.87. The van der Waals surface area contributed by atoms with Gasteiger partial charge in [0.05, 0.1) is 17.4 Å². The van der Waals surface area contributed by atoms with E-state index in [9.17, 15) is 4.79 Å². The maximum atomic E-state index is 12.1. The number of aryl methyl sites for hydroxylation is 2. The third-order valence-electron chi connectivity index (χ3n) is 5.05. The summed E-state index contributed by atoms with van der Waals surface area (Å²) < 4.78 is 5.72. The van der Waals surface area contributed by atoms with Gasteiger partial charge >= 0.3 is 0 Å². The van der Waals surface area contributed by atoms with E-state index >= 15 is 0 Å². The third kappa shape index (κ3) is 5.46. The van der Waals surface area contributed by atoms with Crippen LogP contribution in [0.1, 0.15) is 31.9 Å². The Hall–Kier alpha value is -3.94. The highest BCUT2D eigenvalue weighted by atomic mass is 16.5. The van der Waals surface area contributed by atoms with Crippen LogP contribution in [0.2, 0.25) is 0 Å². The highest BCUT2D eigenvalue weighted by Crippen LogP contribution is 2.30. The summed E-state index contributed by atoms with van der Waals surface area (Å²) in [6, 6.07) is 11.6. The van der Waals surface area contributed by atoms with Gasteiger partial charge in [-0.05, 0) is 70.0 Å². The number of nitrogens with zero attached hydrogens (tertiary/aromatic N) is 3. The molecular formula is C25H28N6O2. The zero-order valence-electron chi connectivity index (χ0n) is 19.5. The summed E-state index contributed by atoms with van der Waals surface area (Å²) in [4.78, 5) is 21.7. The number of H-pyrrole nitrogens is 1. The van der Waals surface area contributed by atoms with E-state index in [-0.39, 0.29) is 18.1 Å². The Morgan fingerprint density at radius 3 is 2.61 bits per heavy atom. The molecule has 2 aromatic heterocycles. The number of carbonyl (C=O) groups is 1. The summed E-state index contributed by atoms with van der Waals surface area (Å²) in [5.41, 5.74) is 4.45. The number of aromatic nitrogens is 4. The van der Waals surface area contributed by atoms with Gasteiger partial charge in [-0.25, -0.2) is 9.97 Å². The Balaban J connectivity index is 1.67. The molecule has 0 radical (unpaired) electrons. The number of anilines is 2. The van der Waals surface area contributed by atoms with Crippen molar-refractivity contribution < 1.29 is 9.53 Å². The number of ether oxygens (including phenoxy) is 1. The van der Waals surface area contributed by atoms with Crippen molar-refractivity contribution in [3.05, 3.63) is 59.9 Å². The third-order valence-corrected chi connectivity index (χ3v) is 5.05. The average molecular weight is 445 g/mol. The molecule has 4 aromatic rings. The molecule has 0 spiro atoms. The lowest BCUT2D eigenvalue weighted by atomic mass is 10.1. The molecule has 0 aliphatic heterocycles. The Morgan fingerprint density at radius 1 is 1.09 bits per heavy atom. The van der Waals surface area contributed by atoms with E-state index in [1.165, 1.54) is 0 Å². The number of hydrogen-bond donors (Lipinski definition) is 3. The van der Waals surface area contributed by atoms with E-state index in [4.69, 9.17) is 14.7 Å². The summed E-state index contributed by atoms with van der Waals surface area (Å²) in [5, 5.41) is 13.9. The van der Waals surface area contributed by atoms with Gasteiger partial charge in [-0.15, -0.1) is 0 Å². The standard InChI is InChI=1S/C25H28N6O2/c1-15-9-20-21(10-16(15)2)29-23(30-24(20)28-18-12-26-27-13-18)17-7-6-8-19(11-17)33-14-22(32)31-25(3,4)5/h6-13H,14H2,1-5H3,(H,26,27)(H,31,32)(H,28,29,30). The quantitative estimate of drug-likeness (QED) is 0.399. The molecule has 0 saturated carbocycles. The summed E-state index contributed by atoms with van der Waals surface area (Å²) in [7, 11) is 0. The van der Waals surface area contributed by atoms with Gasteiger partial charge in [0.2, 0.25) is 0 Å². The zero-order chi connectivity index (χ0) is 23.6. The van der Waals surface area contributed by atoms with Crippen LogP contribution in [0.25, 0.3) is 22.3 Å². The zero-order valence-corrected chi connectivity index (χ0v) is 19.5. The Bertz CT molecular complexity index is 1290. The molecule has 4 rings (SSSR count). The molecule has 2 heterocycles. The first-order valence-corrected chi connectivity index (χ1v) is 10.8. The van der Waals surface area contributed by atoms with Crippen molar-refractivity contribution in [2.45, 2.75) is 40.2 Å². The molecule has 0 saturated heterocycles. The average Bonchev–Trinajstić information content (AvgIpc) is 3.25. The van der Waals surface area contributed by atoms with Crippen molar-refractivity contribution in [1.82, 2.24) is 25.5 Å². The molecule has 8 nitrogen and oxygen atoms in total. The van der Waals surface area contributed by atoms with Crippen molar-refractivity contribution in [2.24, 2.45) is 0 Å². The van der Waals surface area contributed by atoms with Crippen LogP contribution >= 0.6 is 0 Å². The summed E-state index contributed by atoms with van der Waals surface area (Å²) in [6.07, 6.45) is 3.47.